The van der Waals surface area contributed by atoms with Gasteiger partial charge >= 0.3 is 0 Å². The number of benzene rings is 1. The maximum absolute atomic E-state index is 11.9. The first-order chi connectivity index (χ1) is 8.36. The van der Waals surface area contributed by atoms with Crippen molar-refractivity contribution in [1.29, 1.82) is 0 Å². The molecule has 0 bridgehead atoms. The van der Waals surface area contributed by atoms with Crippen LogP contribution in [0.2, 0.25) is 0 Å². The van der Waals surface area contributed by atoms with E-state index in [0.29, 0.717) is 0 Å². The third-order valence-electron chi connectivity index (χ3n) is 3.46. The lowest BCUT2D eigenvalue weighted by atomic mass is 10.1. The van der Waals surface area contributed by atoms with Gasteiger partial charge in [-0.25, -0.2) is 0 Å². The normalized spacial score (nSPS) is 15.3. The lowest BCUT2D eigenvalue weighted by Gasteiger charge is -2.07. The topological polar surface area (TPSA) is 37.8 Å². The smallest absolute Gasteiger partial charge is 0.267 e. The van der Waals surface area contributed by atoms with Crippen molar-refractivity contribution >= 4 is 0 Å². The quantitative estimate of drug-likeness (QED) is 0.748. The van der Waals surface area contributed by atoms with Gasteiger partial charge in [0.25, 0.3) is 5.56 Å². The summed E-state index contributed by atoms with van der Waals surface area (Å²) in [5.41, 5.74) is 3.31. The van der Waals surface area contributed by atoms with Crippen LogP contribution < -0.4 is 5.56 Å². The van der Waals surface area contributed by atoms with E-state index in [1.807, 2.05) is 35.0 Å². The van der Waals surface area contributed by atoms with E-state index in [2.05, 4.69) is 5.10 Å². The molecule has 2 aromatic rings. The van der Waals surface area contributed by atoms with Crippen LogP contribution in [-0.4, -0.2) is 9.78 Å². The van der Waals surface area contributed by atoms with Crippen molar-refractivity contribution in [2.75, 3.05) is 0 Å². The van der Waals surface area contributed by atoms with E-state index >= 15 is 0 Å². The molecule has 0 saturated heterocycles. The van der Waals surface area contributed by atoms with Crippen molar-refractivity contribution in [3.05, 3.63) is 51.9 Å². The van der Waals surface area contributed by atoms with Gasteiger partial charge in [0, 0.05) is 11.3 Å². The molecule has 3 heteroatoms. The van der Waals surface area contributed by atoms with Gasteiger partial charge in [0.05, 0.1) is 5.69 Å². The fraction of sp³-hybridized carbons (Fsp3) is 0.357. The van der Waals surface area contributed by atoms with Crippen LogP contribution in [0.15, 0.2) is 35.1 Å². The second kappa shape index (κ2) is 4.24. The predicted octanol–water partition coefficient (Wildman–Crippen LogP) is 2.43. The third-order valence-corrected chi connectivity index (χ3v) is 3.46. The van der Waals surface area contributed by atoms with Crippen LogP contribution in [0.4, 0.5) is 0 Å². The number of hydrogen-bond acceptors (Lipinski definition) is 1. The molecule has 0 radical (unpaired) electrons. The number of nitrogens with zero attached hydrogens (tertiary/aromatic N) is 1. The van der Waals surface area contributed by atoms with Crippen molar-refractivity contribution in [1.82, 2.24) is 9.78 Å². The van der Waals surface area contributed by atoms with E-state index in [9.17, 15) is 4.79 Å². The zero-order chi connectivity index (χ0) is 11.7. The van der Waals surface area contributed by atoms with Crippen LogP contribution in [0.5, 0.6) is 0 Å². The van der Waals surface area contributed by atoms with Crippen molar-refractivity contribution in [2.24, 2.45) is 0 Å². The van der Waals surface area contributed by atoms with Gasteiger partial charge in [0.1, 0.15) is 0 Å². The SMILES string of the molecule is O=c1[nH]n(-c2ccccc2)c2c1CCCCC2. The van der Waals surface area contributed by atoms with Crippen LogP contribution in [0.25, 0.3) is 5.69 Å². The van der Waals surface area contributed by atoms with Crippen molar-refractivity contribution in [3.63, 3.8) is 0 Å². The summed E-state index contributed by atoms with van der Waals surface area (Å²) >= 11 is 0. The average Bonchev–Trinajstić information content (AvgIpc) is 2.57. The van der Waals surface area contributed by atoms with Gasteiger partial charge in [-0.05, 0) is 37.8 Å². The monoisotopic (exact) mass is 228 g/mol. The van der Waals surface area contributed by atoms with Crippen molar-refractivity contribution in [2.45, 2.75) is 32.1 Å². The molecule has 0 unspecified atom stereocenters. The third kappa shape index (κ3) is 1.82. The van der Waals surface area contributed by atoms with E-state index in [1.54, 1.807) is 0 Å². The highest BCUT2D eigenvalue weighted by atomic mass is 16.1. The maximum atomic E-state index is 11.9. The van der Waals surface area contributed by atoms with E-state index in [0.717, 1.165) is 30.5 Å². The molecule has 0 spiro atoms. The van der Waals surface area contributed by atoms with E-state index in [4.69, 9.17) is 0 Å². The molecule has 1 aliphatic rings. The molecule has 0 atom stereocenters. The molecule has 1 heterocycles. The molecule has 1 aromatic heterocycles. The lowest BCUT2D eigenvalue weighted by Crippen LogP contribution is -2.07. The number of para-hydroxylation sites is 1. The van der Waals surface area contributed by atoms with E-state index in [-0.39, 0.29) is 5.56 Å². The summed E-state index contributed by atoms with van der Waals surface area (Å²) in [6.07, 6.45) is 5.46. The predicted molar refractivity (Wildman–Crippen MR) is 67.6 cm³/mol. The molecule has 3 rings (SSSR count). The summed E-state index contributed by atoms with van der Waals surface area (Å²) in [6.45, 7) is 0. The molecule has 17 heavy (non-hydrogen) atoms. The van der Waals surface area contributed by atoms with Crippen molar-refractivity contribution in [3.8, 4) is 5.69 Å². The molecule has 1 aliphatic carbocycles. The number of aromatic amines is 1. The van der Waals surface area contributed by atoms with Gasteiger partial charge in [-0.2, -0.15) is 0 Å². The van der Waals surface area contributed by atoms with Gasteiger partial charge in [-0.15, -0.1) is 0 Å². The first kappa shape index (κ1) is 10.4. The molecule has 88 valence electrons. The largest absolute Gasteiger partial charge is 0.268 e. The first-order valence-electron chi connectivity index (χ1n) is 6.24. The Bertz CT molecular complexity index is 566. The number of H-pyrrole nitrogens is 1. The Balaban J connectivity index is 2.15. The number of aromatic nitrogens is 2. The number of fused-ring (bicyclic) bond motifs is 1. The summed E-state index contributed by atoms with van der Waals surface area (Å²) in [5.74, 6) is 0. The average molecular weight is 228 g/mol. The molecule has 0 saturated carbocycles. The Morgan fingerprint density at radius 1 is 1.00 bits per heavy atom. The van der Waals surface area contributed by atoms with Crippen molar-refractivity contribution < 1.29 is 0 Å². The Morgan fingerprint density at radius 2 is 1.76 bits per heavy atom. The molecule has 1 N–H and O–H groups in total. The van der Waals surface area contributed by atoms with Gasteiger partial charge in [0.2, 0.25) is 0 Å². The highest BCUT2D eigenvalue weighted by Crippen LogP contribution is 2.20. The van der Waals surface area contributed by atoms with Crippen LogP contribution in [0, 0.1) is 0 Å². The summed E-state index contributed by atoms with van der Waals surface area (Å²) in [7, 11) is 0. The minimum atomic E-state index is 0.0887. The summed E-state index contributed by atoms with van der Waals surface area (Å²) in [6, 6.07) is 10.0. The minimum absolute atomic E-state index is 0.0887. The fourth-order valence-corrected chi connectivity index (χ4v) is 2.59. The fourth-order valence-electron chi connectivity index (χ4n) is 2.59. The lowest BCUT2D eigenvalue weighted by molar-refractivity contribution is 0.685. The maximum Gasteiger partial charge on any atom is 0.267 e. The summed E-state index contributed by atoms with van der Waals surface area (Å²) in [4.78, 5) is 11.9. The second-order valence-electron chi connectivity index (χ2n) is 4.60. The highest BCUT2D eigenvalue weighted by molar-refractivity contribution is 5.35. The molecule has 3 nitrogen and oxygen atoms in total. The summed E-state index contributed by atoms with van der Waals surface area (Å²) in [5, 5.41) is 2.96. The first-order valence-corrected chi connectivity index (χ1v) is 6.24. The van der Waals surface area contributed by atoms with Gasteiger partial charge < -0.3 is 0 Å². The van der Waals surface area contributed by atoms with Gasteiger partial charge in [-0.3, -0.25) is 14.6 Å². The molecular formula is C14H16N2O. The zero-order valence-corrected chi connectivity index (χ0v) is 9.78. The van der Waals surface area contributed by atoms with Crippen LogP contribution in [-0.2, 0) is 12.8 Å². The number of hydrogen-bond donors (Lipinski definition) is 1. The number of rotatable bonds is 1. The van der Waals surface area contributed by atoms with Crippen LogP contribution in [0.3, 0.4) is 0 Å². The van der Waals surface area contributed by atoms with Gasteiger partial charge in [0.15, 0.2) is 0 Å². The van der Waals surface area contributed by atoms with Crippen LogP contribution >= 0.6 is 0 Å². The highest BCUT2D eigenvalue weighted by Gasteiger charge is 2.17. The molecule has 0 amide bonds. The Kier molecular flexibility index (Phi) is 2.59. The second-order valence-corrected chi connectivity index (χ2v) is 4.60. The minimum Gasteiger partial charge on any atom is -0.268 e. The Labute approximate surface area is 100 Å². The molecule has 1 aromatic carbocycles. The Morgan fingerprint density at radius 3 is 2.59 bits per heavy atom. The number of nitrogens with one attached hydrogen (secondary N) is 1. The van der Waals surface area contributed by atoms with E-state index in [1.165, 1.54) is 18.5 Å². The summed E-state index contributed by atoms with van der Waals surface area (Å²) < 4.78 is 1.96. The van der Waals surface area contributed by atoms with Gasteiger partial charge in [-0.1, -0.05) is 24.6 Å². The Hall–Kier alpha value is -1.77. The van der Waals surface area contributed by atoms with E-state index < -0.39 is 0 Å². The standard InChI is InChI=1S/C14H16N2O/c17-14-12-9-5-2-6-10-13(12)16(15-14)11-7-3-1-4-8-11/h1,3-4,7-8H,2,5-6,9-10H2,(H,15,17). The van der Waals surface area contributed by atoms with Crippen LogP contribution in [0.1, 0.15) is 30.5 Å². The molecule has 0 aliphatic heterocycles. The molecule has 0 fully saturated rings. The zero-order valence-electron chi connectivity index (χ0n) is 9.78. The molecular weight excluding hydrogens is 212 g/mol.